The highest BCUT2D eigenvalue weighted by Gasteiger charge is 2.22. The molecule has 10 aromatic rings. The van der Waals surface area contributed by atoms with E-state index >= 15 is 0 Å². The van der Waals surface area contributed by atoms with Crippen LogP contribution in [0.15, 0.2) is 186 Å². The number of rotatable bonds is 4. The van der Waals surface area contributed by atoms with Crippen molar-refractivity contribution in [3.05, 3.63) is 182 Å². The summed E-state index contributed by atoms with van der Waals surface area (Å²) in [6.45, 7) is 0. The second kappa shape index (κ2) is 11.1. The van der Waals surface area contributed by atoms with Gasteiger partial charge in [0.05, 0.1) is 6.85 Å². The molecule has 0 bridgehead atoms. The van der Waals surface area contributed by atoms with Crippen LogP contribution in [-0.4, -0.2) is 0 Å². The van der Waals surface area contributed by atoms with Crippen LogP contribution in [0, 0.1) is 0 Å². The molecular weight excluding hydrogens is 593 g/mol. The minimum atomic E-state index is -0.395. The van der Waals surface area contributed by atoms with Crippen LogP contribution in [0.25, 0.3) is 98.8 Å². The van der Waals surface area contributed by atoms with Crippen molar-refractivity contribution in [3.8, 4) is 44.5 Å². The van der Waals surface area contributed by atoms with E-state index < -0.39 is 6.04 Å². The predicted octanol–water partition coefficient (Wildman–Crippen LogP) is 13.7. The van der Waals surface area contributed by atoms with Gasteiger partial charge in [-0.3, -0.25) is 0 Å². The molecule has 0 fully saturated rings. The molecule has 228 valence electrons. The number of fused-ring (bicyclic) bond motifs is 7. The van der Waals surface area contributed by atoms with Gasteiger partial charge in [0.2, 0.25) is 0 Å². The van der Waals surface area contributed by atoms with Gasteiger partial charge in [-0.05, 0) is 83.6 Å². The first-order valence-corrected chi connectivity index (χ1v) is 16.4. The minimum Gasteiger partial charge on any atom is -0.455 e. The molecular formula is C48H30O. The highest BCUT2D eigenvalue weighted by atomic mass is 16.3. The van der Waals surface area contributed by atoms with E-state index in [1.165, 1.54) is 0 Å². The van der Waals surface area contributed by atoms with Gasteiger partial charge in [0.15, 0.2) is 0 Å². The summed E-state index contributed by atoms with van der Waals surface area (Å²) in [7, 11) is 0. The summed E-state index contributed by atoms with van der Waals surface area (Å²) in [5.41, 5.74) is 8.99. The third kappa shape index (κ3) is 4.33. The second-order valence-corrected chi connectivity index (χ2v) is 12.4. The molecule has 0 aliphatic carbocycles. The Balaban J connectivity index is 1.21. The average Bonchev–Trinajstić information content (AvgIpc) is 3.61. The predicted molar refractivity (Wildman–Crippen MR) is 208 cm³/mol. The lowest BCUT2D eigenvalue weighted by atomic mass is 9.83. The molecule has 10 rings (SSSR count). The van der Waals surface area contributed by atoms with Gasteiger partial charge >= 0.3 is 0 Å². The molecule has 0 atom stereocenters. The minimum absolute atomic E-state index is 0.196. The van der Waals surface area contributed by atoms with E-state index in [1.54, 1.807) is 0 Å². The Kier molecular flexibility index (Phi) is 5.20. The largest absolute Gasteiger partial charge is 0.455 e. The lowest BCUT2D eigenvalue weighted by molar-refractivity contribution is 0.673. The van der Waals surface area contributed by atoms with Gasteiger partial charge < -0.3 is 4.42 Å². The Bertz CT molecular complexity index is 3070. The fraction of sp³-hybridized carbons (Fsp3) is 0. The van der Waals surface area contributed by atoms with Crippen molar-refractivity contribution in [3.63, 3.8) is 0 Å². The van der Waals surface area contributed by atoms with Gasteiger partial charge in [-0.25, -0.2) is 0 Å². The summed E-state index contributed by atoms with van der Waals surface area (Å²) in [5.74, 6) is 0. The summed E-state index contributed by atoms with van der Waals surface area (Å²) in [6.07, 6.45) is 0. The summed E-state index contributed by atoms with van der Waals surface area (Å²) in [5, 5.41) is 8.97. The number of benzene rings is 9. The fourth-order valence-electron chi connectivity index (χ4n) is 7.63. The first kappa shape index (κ1) is 23.0. The molecule has 1 heterocycles. The topological polar surface area (TPSA) is 13.1 Å². The summed E-state index contributed by atoms with van der Waals surface area (Å²) in [4.78, 5) is 0. The van der Waals surface area contributed by atoms with Crippen molar-refractivity contribution in [2.24, 2.45) is 0 Å². The van der Waals surface area contributed by atoms with Crippen molar-refractivity contribution in [1.29, 1.82) is 0 Å². The maximum absolute atomic E-state index is 8.50. The standard InChI is InChI=1S/C48H30O/c1-2-13-31(14-3-1)32-25-27-34(28-26-32)35-16-6-7-18-37(35)45-38-19-8-10-21-40(38)46(41-22-11-9-20-39(41)45)42-23-12-24-44-47(42)43-30-29-33-15-4-5-17-36(33)48(43)49-44/h1-30H/i1D,2D,3D,13D,14D. The molecule has 0 saturated carbocycles. The number of hydrogen-bond donors (Lipinski definition) is 0. The van der Waals surface area contributed by atoms with Crippen molar-refractivity contribution in [2.45, 2.75) is 0 Å². The van der Waals surface area contributed by atoms with Crippen molar-refractivity contribution >= 4 is 54.3 Å². The first-order chi connectivity index (χ1) is 26.4. The summed E-state index contributed by atoms with van der Waals surface area (Å²) < 4.78 is 48.0. The van der Waals surface area contributed by atoms with Gasteiger partial charge in [0.1, 0.15) is 11.2 Å². The molecule has 1 nitrogen and oxygen atoms in total. The van der Waals surface area contributed by atoms with Crippen molar-refractivity contribution in [2.75, 3.05) is 0 Å². The highest BCUT2D eigenvalue weighted by molar-refractivity contribution is 6.27. The third-order valence-corrected chi connectivity index (χ3v) is 9.77. The van der Waals surface area contributed by atoms with Crippen LogP contribution in [0.5, 0.6) is 0 Å². The zero-order chi connectivity index (χ0) is 36.7. The Morgan fingerprint density at radius 2 is 0.918 bits per heavy atom. The van der Waals surface area contributed by atoms with Gasteiger partial charge in [0.25, 0.3) is 0 Å². The van der Waals surface area contributed by atoms with Crippen LogP contribution in [0.1, 0.15) is 6.85 Å². The molecule has 0 aliphatic heterocycles. The van der Waals surface area contributed by atoms with E-state index in [0.717, 1.165) is 87.6 Å². The van der Waals surface area contributed by atoms with Crippen molar-refractivity contribution < 1.29 is 11.3 Å². The van der Waals surface area contributed by atoms with E-state index in [1.807, 2.05) is 30.3 Å². The Morgan fingerprint density at radius 3 is 1.61 bits per heavy atom. The molecule has 9 aromatic carbocycles. The van der Waals surface area contributed by atoms with Gasteiger partial charge in [-0.2, -0.15) is 0 Å². The summed E-state index contributed by atoms with van der Waals surface area (Å²) in [6, 6.07) is 50.9. The normalized spacial score (nSPS) is 13.1. The maximum Gasteiger partial charge on any atom is 0.143 e. The van der Waals surface area contributed by atoms with E-state index in [4.69, 9.17) is 11.3 Å². The van der Waals surface area contributed by atoms with E-state index in [9.17, 15) is 0 Å². The Morgan fingerprint density at radius 1 is 0.367 bits per heavy atom. The zero-order valence-electron chi connectivity index (χ0n) is 31.3. The SMILES string of the molecule is [2H]c1c([2H])c([2H])c(-c2ccc(-c3ccccc3-c3c4ccccc4c(-c4cccc5oc6c7ccccc7ccc6c45)c4ccccc34)cc2)c([2H])c1[2H]. The molecule has 1 heteroatoms. The highest BCUT2D eigenvalue weighted by Crippen LogP contribution is 2.48. The van der Waals surface area contributed by atoms with Crippen LogP contribution in [0.4, 0.5) is 0 Å². The Labute approximate surface area is 291 Å². The average molecular weight is 628 g/mol. The third-order valence-electron chi connectivity index (χ3n) is 9.77. The van der Waals surface area contributed by atoms with Gasteiger partial charge in [-0.15, -0.1) is 0 Å². The molecule has 0 amide bonds. The molecule has 0 N–H and O–H groups in total. The lowest BCUT2D eigenvalue weighted by Crippen LogP contribution is -1.93. The van der Waals surface area contributed by atoms with Gasteiger partial charge in [0, 0.05) is 16.2 Å². The van der Waals surface area contributed by atoms with Crippen LogP contribution in [0.3, 0.4) is 0 Å². The zero-order valence-corrected chi connectivity index (χ0v) is 26.3. The van der Waals surface area contributed by atoms with E-state index in [2.05, 4.69) is 121 Å². The molecule has 0 spiro atoms. The maximum atomic E-state index is 8.50. The van der Waals surface area contributed by atoms with Crippen LogP contribution in [-0.2, 0) is 0 Å². The summed E-state index contributed by atoms with van der Waals surface area (Å²) >= 11 is 0. The molecule has 49 heavy (non-hydrogen) atoms. The second-order valence-electron chi connectivity index (χ2n) is 12.4. The Hall–Kier alpha value is -6.44. The van der Waals surface area contributed by atoms with E-state index in [-0.39, 0.29) is 29.7 Å². The smallest absolute Gasteiger partial charge is 0.143 e. The fourth-order valence-corrected chi connectivity index (χ4v) is 7.63. The van der Waals surface area contributed by atoms with Crippen molar-refractivity contribution in [1.82, 2.24) is 0 Å². The quantitative estimate of drug-likeness (QED) is 0.177. The van der Waals surface area contributed by atoms with Crippen LogP contribution >= 0.6 is 0 Å². The lowest BCUT2D eigenvalue weighted by Gasteiger charge is -2.20. The first-order valence-electron chi connectivity index (χ1n) is 18.9. The van der Waals surface area contributed by atoms with Gasteiger partial charge in [-0.1, -0.05) is 170 Å². The number of hydrogen-bond acceptors (Lipinski definition) is 1. The monoisotopic (exact) mass is 627 g/mol. The molecule has 0 saturated heterocycles. The molecule has 0 unspecified atom stereocenters. The van der Waals surface area contributed by atoms with Crippen LogP contribution < -0.4 is 0 Å². The van der Waals surface area contributed by atoms with Crippen LogP contribution in [0.2, 0.25) is 0 Å². The molecule has 1 aromatic heterocycles. The molecule has 0 aliphatic rings. The molecule has 0 radical (unpaired) electrons. The van der Waals surface area contributed by atoms with E-state index in [0.29, 0.717) is 5.56 Å². The number of furan rings is 1.